The fraction of sp³-hybridized carbons (Fsp3) is 0.556. The van der Waals surface area contributed by atoms with Crippen LogP contribution in [0.1, 0.15) is 25.7 Å². The molecule has 1 aromatic carbocycles. The summed E-state index contributed by atoms with van der Waals surface area (Å²) in [5.41, 5.74) is -0.679. The number of amidine groups is 1. The van der Waals surface area contributed by atoms with Gasteiger partial charge in [-0.1, -0.05) is 17.7 Å². The molecule has 26 heavy (non-hydrogen) atoms. The number of piperidine rings is 2. The number of amides is 1. The van der Waals surface area contributed by atoms with Gasteiger partial charge in [-0.3, -0.25) is 9.79 Å². The van der Waals surface area contributed by atoms with Gasteiger partial charge < -0.3 is 15.2 Å². The van der Waals surface area contributed by atoms with Crippen molar-refractivity contribution in [3.63, 3.8) is 0 Å². The number of hydrogen-bond donors (Lipinski definition) is 2. The van der Waals surface area contributed by atoms with Crippen LogP contribution in [0.5, 0.6) is 0 Å². The van der Waals surface area contributed by atoms with Gasteiger partial charge in [0, 0.05) is 36.6 Å². The van der Waals surface area contributed by atoms with Gasteiger partial charge in [0.2, 0.25) is 0 Å². The highest BCUT2D eigenvalue weighted by Gasteiger charge is 2.48. The van der Waals surface area contributed by atoms with Gasteiger partial charge in [0.15, 0.2) is 4.90 Å². The van der Waals surface area contributed by atoms with E-state index in [1.807, 2.05) is 10.4 Å². The second kappa shape index (κ2) is 7.48. The highest BCUT2D eigenvalue weighted by Crippen LogP contribution is 2.34. The van der Waals surface area contributed by atoms with E-state index < -0.39 is 16.9 Å². The van der Waals surface area contributed by atoms with Crippen molar-refractivity contribution in [2.45, 2.75) is 36.1 Å². The van der Waals surface area contributed by atoms with Gasteiger partial charge in [0.25, 0.3) is 5.91 Å². The molecular weight excluding hydrogens is 372 g/mol. The van der Waals surface area contributed by atoms with Crippen LogP contribution in [0, 0.1) is 5.92 Å². The molecule has 0 aromatic heterocycles. The molecule has 2 atom stereocenters. The number of hydrogen-bond acceptors (Lipinski definition) is 5. The highest BCUT2D eigenvalue weighted by molar-refractivity contribution is 7.89. The Balaban J connectivity index is 1.43. The highest BCUT2D eigenvalue weighted by atomic mass is 35.5. The van der Waals surface area contributed by atoms with Crippen LogP contribution in [0.3, 0.4) is 0 Å². The zero-order valence-electron chi connectivity index (χ0n) is 14.5. The van der Waals surface area contributed by atoms with E-state index in [1.165, 1.54) is 0 Å². The van der Waals surface area contributed by atoms with Gasteiger partial charge in [0.05, 0.1) is 11.4 Å². The Hall–Kier alpha value is -1.12. The normalized spacial score (nSPS) is 27.2. The molecule has 6 nitrogen and oxygen atoms in total. The van der Waals surface area contributed by atoms with Crippen LogP contribution >= 0.6 is 11.6 Å². The maximum absolute atomic E-state index is 12.8. The minimum Gasteiger partial charge on any atom is -0.593 e. The van der Waals surface area contributed by atoms with Gasteiger partial charge in [0.1, 0.15) is 11.4 Å². The smallest absolute Gasteiger partial charge is 0.253 e. The molecule has 2 N–H and O–H groups in total. The Kier molecular flexibility index (Phi) is 5.25. The van der Waals surface area contributed by atoms with Crippen LogP contribution in [0.15, 0.2) is 34.2 Å². The lowest BCUT2D eigenvalue weighted by Crippen LogP contribution is -2.50. The largest absolute Gasteiger partial charge is 0.593 e. The minimum absolute atomic E-state index is 0.00580. The molecule has 4 rings (SSSR count). The molecule has 3 heterocycles. The van der Waals surface area contributed by atoms with E-state index >= 15 is 0 Å². The number of nitrogens with one attached hydrogen (secondary N) is 2. The summed E-state index contributed by atoms with van der Waals surface area (Å²) < 4.78 is 14.7. The molecule has 0 saturated carbocycles. The Morgan fingerprint density at radius 3 is 2.85 bits per heavy atom. The third-order valence-electron chi connectivity index (χ3n) is 5.46. The second-order valence-electron chi connectivity index (χ2n) is 7.16. The number of aliphatic imine (C=N–C) groups is 1. The molecule has 3 aliphatic heterocycles. The van der Waals surface area contributed by atoms with Crippen molar-refractivity contribution in [2.24, 2.45) is 10.9 Å². The number of nitrogens with zero attached hydrogens (tertiary/aromatic N) is 2. The van der Waals surface area contributed by atoms with Crippen molar-refractivity contribution in [3.05, 3.63) is 29.3 Å². The standard InChI is InChI=1S/C18H23ClN4O2S/c19-14-4-1-5-15(11-14)26(25)23-9-6-18(7-10-23)17(24)21-16(22-18)13-3-2-8-20-12-13/h1,4-5,11,13,20H,2-3,6-10,12H2,(H,21,22,24)/t13?,26-/m0/s1. The first kappa shape index (κ1) is 18.3. The van der Waals surface area contributed by atoms with E-state index in [1.54, 1.807) is 18.2 Å². The first-order chi connectivity index (χ1) is 12.6. The maximum Gasteiger partial charge on any atom is 0.253 e. The monoisotopic (exact) mass is 394 g/mol. The molecule has 0 aliphatic carbocycles. The van der Waals surface area contributed by atoms with Crippen molar-refractivity contribution in [2.75, 3.05) is 26.2 Å². The Morgan fingerprint density at radius 2 is 2.15 bits per heavy atom. The quantitative estimate of drug-likeness (QED) is 0.765. The summed E-state index contributed by atoms with van der Waals surface area (Å²) in [6.45, 7) is 3.06. The first-order valence-corrected chi connectivity index (χ1v) is 10.6. The molecule has 1 amide bonds. The summed E-state index contributed by atoms with van der Waals surface area (Å²) in [7, 11) is 0. The molecule has 140 valence electrons. The van der Waals surface area contributed by atoms with E-state index in [2.05, 4.69) is 10.6 Å². The van der Waals surface area contributed by atoms with Crippen molar-refractivity contribution >= 4 is 34.7 Å². The van der Waals surface area contributed by atoms with Gasteiger partial charge in [-0.05, 0) is 44.4 Å². The number of benzene rings is 1. The van der Waals surface area contributed by atoms with Crippen LogP contribution in [0.4, 0.5) is 0 Å². The van der Waals surface area contributed by atoms with Crippen molar-refractivity contribution in [1.82, 2.24) is 14.9 Å². The summed E-state index contributed by atoms with van der Waals surface area (Å²) in [6.07, 6.45) is 3.36. The van der Waals surface area contributed by atoms with E-state index in [0.717, 1.165) is 31.8 Å². The van der Waals surface area contributed by atoms with Crippen LogP contribution in [0.25, 0.3) is 0 Å². The Labute approximate surface area is 161 Å². The SMILES string of the molecule is O=C1NC(C2CCCNC2)=NC12CCN([S@@+]([O-])c1cccc(Cl)c1)CC2. The molecule has 2 saturated heterocycles. The van der Waals surface area contributed by atoms with E-state index in [-0.39, 0.29) is 5.91 Å². The summed E-state index contributed by atoms with van der Waals surface area (Å²) in [5, 5.41) is 6.98. The van der Waals surface area contributed by atoms with Crippen LogP contribution in [-0.2, 0) is 16.2 Å². The van der Waals surface area contributed by atoms with Gasteiger partial charge in [-0.15, -0.1) is 4.31 Å². The van der Waals surface area contributed by atoms with Crippen LogP contribution < -0.4 is 10.6 Å². The van der Waals surface area contributed by atoms with Gasteiger partial charge in [-0.2, -0.15) is 0 Å². The zero-order valence-corrected chi connectivity index (χ0v) is 16.1. The lowest BCUT2D eigenvalue weighted by atomic mass is 9.89. The van der Waals surface area contributed by atoms with E-state index in [9.17, 15) is 9.35 Å². The average molecular weight is 395 g/mol. The summed E-state index contributed by atoms with van der Waals surface area (Å²) >= 11 is 4.74. The number of carbonyl (C=O) groups excluding carboxylic acids is 1. The van der Waals surface area contributed by atoms with Crippen LogP contribution in [0.2, 0.25) is 5.02 Å². The number of rotatable bonds is 3. The average Bonchev–Trinajstić information content (AvgIpc) is 2.99. The van der Waals surface area contributed by atoms with E-state index in [4.69, 9.17) is 16.6 Å². The Bertz CT molecular complexity index is 715. The fourth-order valence-electron chi connectivity index (χ4n) is 3.91. The fourth-order valence-corrected chi connectivity index (χ4v) is 5.40. The lowest BCUT2D eigenvalue weighted by Gasteiger charge is -2.34. The third kappa shape index (κ3) is 3.51. The van der Waals surface area contributed by atoms with Gasteiger partial charge in [-0.25, -0.2) is 0 Å². The maximum atomic E-state index is 12.8. The van der Waals surface area contributed by atoms with E-state index in [0.29, 0.717) is 41.8 Å². The minimum atomic E-state index is -1.26. The van der Waals surface area contributed by atoms with Crippen LogP contribution in [-0.4, -0.2) is 52.3 Å². The molecule has 0 bridgehead atoms. The molecule has 2 fully saturated rings. The molecule has 1 spiro atoms. The number of halogens is 1. The van der Waals surface area contributed by atoms with Crippen molar-refractivity contribution in [3.8, 4) is 0 Å². The predicted molar refractivity (Wildman–Crippen MR) is 103 cm³/mol. The number of carbonyl (C=O) groups is 1. The summed E-state index contributed by atoms with van der Waals surface area (Å²) in [4.78, 5) is 18.2. The third-order valence-corrected chi connectivity index (χ3v) is 7.19. The lowest BCUT2D eigenvalue weighted by molar-refractivity contribution is -0.124. The predicted octanol–water partition coefficient (Wildman–Crippen LogP) is 1.73. The summed E-state index contributed by atoms with van der Waals surface area (Å²) in [6, 6.07) is 7.13. The summed E-state index contributed by atoms with van der Waals surface area (Å²) in [5.74, 6) is 1.14. The van der Waals surface area contributed by atoms with Crippen molar-refractivity contribution < 1.29 is 9.35 Å². The molecule has 8 heteroatoms. The topological polar surface area (TPSA) is 79.8 Å². The first-order valence-electron chi connectivity index (χ1n) is 9.12. The molecule has 1 aromatic rings. The van der Waals surface area contributed by atoms with Gasteiger partial charge >= 0.3 is 0 Å². The Morgan fingerprint density at radius 1 is 1.35 bits per heavy atom. The molecular formula is C18H23ClN4O2S. The second-order valence-corrected chi connectivity index (χ2v) is 9.08. The van der Waals surface area contributed by atoms with Crippen molar-refractivity contribution in [1.29, 1.82) is 0 Å². The molecule has 1 unspecified atom stereocenters. The molecule has 0 radical (unpaired) electrons. The zero-order chi connectivity index (χ0) is 18.1. The molecule has 3 aliphatic rings.